The highest BCUT2D eigenvalue weighted by Crippen LogP contribution is 2.38. The summed E-state index contributed by atoms with van der Waals surface area (Å²) in [6.07, 6.45) is 15.5. The van der Waals surface area contributed by atoms with Crippen LogP contribution in [0.25, 0.3) is 0 Å². The first-order valence-electron chi connectivity index (χ1n) is 13.2. The fraction of sp³-hybridized carbons (Fsp3) is 0.889. The van der Waals surface area contributed by atoms with E-state index in [2.05, 4.69) is 52.9 Å². The molecule has 0 radical (unpaired) electrons. The van der Waals surface area contributed by atoms with Gasteiger partial charge >= 0.3 is 5.97 Å². The van der Waals surface area contributed by atoms with Crippen LogP contribution in [0.4, 0.5) is 0 Å². The molecule has 3 atom stereocenters. The van der Waals surface area contributed by atoms with Crippen molar-refractivity contribution in [2.24, 2.45) is 0 Å². The van der Waals surface area contributed by atoms with Crippen molar-refractivity contribution in [2.75, 3.05) is 0 Å². The van der Waals surface area contributed by atoms with Crippen LogP contribution < -0.4 is 0 Å². The summed E-state index contributed by atoms with van der Waals surface area (Å²) in [6, 6.07) is 0. The second kappa shape index (κ2) is 14.0. The lowest BCUT2D eigenvalue weighted by Crippen LogP contribution is -2.43. The number of unbranched alkanes of at least 4 members (excludes halogenated alkanes) is 6. The van der Waals surface area contributed by atoms with Crippen LogP contribution in [0.1, 0.15) is 112 Å². The molecule has 0 amide bonds. The monoisotopic (exact) mass is 484 g/mol. The number of hydrogen-bond donors (Lipinski definition) is 1. The number of carboxylic acids is 1. The van der Waals surface area contributed by atoms with Crippen molar-refractivity contribution >= 4 is 14.3 Å². The highest BCUT2D eigenvalue weighted by Gasteiger charge is 2.41. The van der Waals surface area contributed by atoms with Crippen LogP contribution in [0.5, 0.6) is 0 Å². The summed E-state index contributed by atoms with van der Waals surface area (Å²) in [5.74, 6) is -1.24. The first-order chi connectivity index (χ1) is 15.3. The Morgan fingerprint density at radius 1 is 1.06 bits per heavy atom. The van der Waals surface area contributed by atoms with Gasteiger partial charge in [0.2, 0.25) is 0 Å². The van der Waals surface area contributed by atoms with Crippen LogP contribution >= 0.6 is 0 Å². The van der Waals surface area contributed by atoms with Gasteiger partial charge in [0.05, 0.1) is 12.2 Å². The van der Waals surface area contributed by atoms with Crippen molar-refractivity contribution in [3.8, 4) is 0 Å². The van der Waals surface area contributed by atoms with Crippen LogP contribution in [0.15, 0.2) is 12.2 Å². The smallest absolute Gasteiger partial charge is 0.303 e. The minimum atomic E-state index is -1.90. The molecule has 0 saturated carbocycles. The Kier molecular flexibility index (Phi) is 12.9. The van der Waals surface area contributed by atoms with Crippen LogP contribution in [-0.2, 0) is 18.7 Å². The summed E-state index contributed by atoms with van der Waals surface area (Å²) in [5.41, 5.74) is 0. The topological polar surface area (TPSA) is 65.0 Å². The lowest BCUT2D eigenvalue weighted by Gasteiger charge is -2.38. The number of carboxylic acid groups (broad SMARTS) is 1. The summed E-state index contributed by atoms with van der Waals surface area (Å²) in [6.45, 7) is 17.7. The molecule has 1 aliphatic rings. The number of hydrogen-bond acceptors (Lipinski definition) is 4. The van der Waals surface area contributed by atoms with Gasteiger partial charge in [-0.2, -0.15) is 0 Å². The van der Waals surface area contributed by atoms with E-state index < -0.39 is 20.1 Å². The van der Waals surface area contributed by atoms with Crippen molar-refractivity contribution in [1.82, 2.24) is 0 Å². The maximum Gasteiger partial charge on any atom is 0.303 e. The molecule has 0 aromatic heterocycles. The highest BCUT2D eigenvalue weighted by molar-refractivity contribution is 6.74. The van der Waals surface area contributed by atoms with Gasteiger partial charge in [0, 0.05) is 6.42 Å². The number of carbonyl (C=O) groups is 1. The van der Waals surface area contributed by atoms with E-state index in [1.807, 2.05) is 13.8 Å². The van der Waals surface area contributed by atoms with Crippen molar-refractivity contribution in [3.05, 3.63) is 12.2 Å². The normalized spacial score (nSPS) is 22.2. The van der Waals surface area contributed by atoms with Crippen molar-refractivity contribution in [2.45, 2.75) is 154 Å². The molecular weight excluding hydrogens is 432 g/mol. The van der Waals surface area contributed by atoms with Gasteiger partial charge in [0.25, 0.3) is 0 Å². The van der Waals surface area contributed by atoms with Gasteiger partial charge < -0.3 is 19.0 Å². The predicted octanol–water partition coefficient (Wildman–Crippen LogP) is 7.85. The highest BCUT2D eigenvalue weighted by atomic mass is 28.4. The Bertz CT molecular complexity index is 594. The van der Waals surface area contributed by atoms with Crippen molar-refractivity contribution in [3.63, 3.8) is 0 Å². The third-order valence-corrected chi connectivity index (χ3v) is 11.5. The molecule has 33 heavy (non-hydrogen) atoms. The Morgan fingerprint density at radius 3 is 2.30 bits per heavy atom. The van der Waals surface area contributed by atoms with Gasteiger partial charge in [-0.25, -0.2) is 0 Å². The van der Waals surface area contributed by atoms with E-state index in [-0.39, 0.29) is 29.8 Å². The second-order valence-electron chi connectivity index (χ2n) is 11.6. The van der Waals surface area contributed by atoms with Crippen LogP contribution in [0.3, 0.4) is 0 Å². The summed E-state index contributed by atoms with van der Waals surface area (Å²) in [7, 11) is -1.90. The van der Waals surface area contributed by atoms with Crippen LogP contribution in [-0.4, -0.2) is 43.5 Å². The second-order valence-corrected chi connectivity index (χ2v) is 16.4. The Labute approximate surface area is 204 Å². The fourth-order valence-corrected chi connectivity index (χ4v) is 5.29. The molecule has 1 saturated heterocycles. The average molecular weight is 485 g/mol. The third kappa shape index (κ3) is 12.0. The summed E-state index contributed by atoms with van der Waals surface area (Å²) >= 11 is 0. The molecule has 6 heteroatoms. The SMILES string of the molecule is CCCCC[C@H]1OC(C)(C)O[C@@H]1/C=C/[C@@H](CCCCCCCC(=O)O)O[Si](C)(C)C(C)(C)C. The molecule has 1 heterocycles. The number of rotatable bonds is 16. The van der Waals surface area contributed by atoms with Gasteiger partial charge in [-0.3, -0.25) is 4.79 Å². The molecule has 1 fully saturated rings. The standard InChI is InChI=1S/C27H52O5Si/c1-9-10-14-18-23-24(31-27(5,6)30-23)21-20-22(32-33(7,8)26(2,3)4)17-15-12-11-13-16-19-25(28)29/h20-24H,9-19H2,1-8H3,(H,28,29)/b21-20+/t22-,23-,24-/m1/s1. The Balaban J connectivity index is 2.74. The molecule has 5 nitrogen and oxygen atoms in total. The maximum absolute atomic E-state index is 10.7. The first-order valence-corrected chi connectivity index (χ1v) is 16.1. The zero-order valence-electron chi connectivity index (χ0n) is 22.7. The molecule has 1 rings (SSSR count). The van der Waals surface area contributed by atoms with Gasteiger partial charge in [-0.05, 0) is 51.2 Å². The van der Waals surface area contributed by atoms with E-state index in [9.17, 15) is 4.79 Å². The molecule has 0 bridgehead atoms. The molecular formula is C27H52O5Si. The number of aliphatic carboxylic acids is 1. The summed E-state index contributed by atoms with van der Waals surface area (Å²) in [5, 5.41) is 8.94. The molecule has 0 aromatic rings. The lowest BCUT2D eigenvalue weighted by atomic mass is 10.0. The molecule has 1 N–H and O–H groups in total. The van der Waals surface area contributed by atoms with Gasteiger partial charge in [0.1, 0.15) is 6.10 Å². The quantitative estimate of drug-likeness (QED) is 0.137. The predicted molar refractivity (Wildman–Crippen MR) is 139 cm³/mol. The van der Waals surface area contributed by atoms with E-state index in [0.29, 0.717) is 0 Å². The summed E-state index contributed by atoms with van der Waals surface area (Å²) < 4.78 is 19.2. The number of ether oxygens (including phenoxy) is 2. The fourth-order valence-electron chi connectivity index (χ4n) is 3.98. The van der Waals surface area contributed by atoms with Gasteiger partial charge in [0.15, 0.2) is 14.1 Å². The molecule has 1 aliphatic heterocycles. The van der Waals surface area contributed by atoms with Crippen LogP contribution in [0.2, 0.25) is 18.1 Å². The first kappa shape index (κ1) is 30.3. The van der Waals surface area contributed by atoms with E-state index in [1.165, 1.54) is 12.8 Å². The lowest BCUT2D eigenvalue weighted by molar-refractivity contribution is -0.143. The Hall–Kier alpha value is -0.693. The zero-order valence-corrected chi connectivity index (χ0v) is 23.7. The Morgan fingerprint density at radius 2 is 1.70 bits per heavy atom. The molecule has 0 spiro atoms. The summed E-state index contributed by atoms with van der Waals surface area (Å²) in [4.78, 5) is 10.7. The minimum absolute atomic E-state index is 0.0293. The van der Waals surface area contributed by atoms with Gasteiger partial charge in [-0.15, -0.1) is 0 Å². The average Bonchev–Trinajstić information content (AvgIpc) is 2.97. The molecule has 0 unspecified atom stereocenters. The maximum atomic E-state index is 10.7. The van der Waals surface area contributed by atoms with E-state index in [0.717, 1.165) is 51.4 Å². The molecule has 0 aromatic carbocycles. The van der Waals surface area contributed by atoms with Gasteiger partial charge in [-0.1, -0.05) is 84.8 Å². The van der Waals surface area contributed by atoms with E-state index in [1.54, 1.807) is 0 Å². The zero-order chi connectivity index (χ0) is 25.1. The largest absolute Gasteiger partial charge is 0.481 e. The molecule has 194 valence electrons. The van der Waals surface area contributed by atoms with E-state index >= 15 is 0 Å². The minimum Gasteiger partial charge on any atom is -0.481 e. The van der Waals surface area contributed by atoms with Crippen LogP contribution in [0, 0.1) is 0 Å². The van der Waals surface area contributed by atoms with Crippen molar-refractivity contribution < 1.29 is 23.8 Å². The van der Waals surface area contributed by atoms with Crippen molar-refractivity contribution in [1.29, 1.82) is 0 Å². The third-order valence-electron chi connectivity index (χ3n) is 6.96. The van der Waals surface area contributed by atoms with E-state index in [4.69, 9.17) is 19.0 Å². The molecule has 0 aliphatic carbocycles.